The Morgan fingerprint density at radius 3 is 2.29 bits per heavy atom. The maximum absolute atomic E-state index is 9.97. The van der Waals surface area contributed by atoms with Crippen molar-refractivity contribution < 1.29 is 5.11 Å². The summed E-state index contributed by atoms with van der Waals surface area (Å²) in [5.74, 6) is 2.30. The summed E-state index contributed by atoms with van der Waals surface area (Å²) in [5.41, 5.74) is 5.72. The van der Waals surface area contributed by atoms with E-state index >= 15 is 0 Å². The average molecular weight is 424 g/mol. The van der Waals surface area contributed by atoms with Crippen LogP contribution in [0.3, 0.4) is 0 Å². The van der Waals surface area contributed by atoms with Gasteiger partial charge in [0.1, 0.15) is 11.6 Å². The van der Waals surface area contributed by atoms with Gasteiger partial charge in [-0.3, -0.25) is 0 Å². The minimum atomic E-state index is 0.414. The van der Waals surface area contributed by atoms with Gasteiger partial charge in [0.05, 0.1) is 5.69 Å². The van der Waals surface area contributed by atoms with E-state index in [4.69, 9.17) is 9.97 Å². The molecule has 0 amide bonds. The summed E-state index contributed by atoms with van der Waals surface area (Å²) in [4.78, 5) is 11.9. The maximum atomic E-state index is 9.97. The number of phenolic OH excluding ortho intramolecular Hbond substituents is 1. The zero-order chi connectivity index (χ0) is 22.0. The standard InChI is InChI=1S/C25H37N5O/c1-16-13-18(14-17(2)23(16)31)15-26-19-9-11-20(12-10-19)27-25-28-22-8-6-5-7-21(22)24(29-25)30(3)4/h13-14,19-20,26,31H,5-12,15H2,1-4H3,(H,27,28,29)/t19-,20+. The van der Waals surface area contributed by atoms with Gasteiger partial charge in [-0.2, -0.15) is 4.98 Å². The van der Waals surface area contributed by atoms with Gasteiger partial charge in [0, 0.05) is 38.3 Å². The summed E-state index contributed by atoms with van der Waals surface area (Å²) in [6, 6.07) is 5.14. The summed E-state index contributed by atoms with van der Waals surface area (Å²) in [6.07, 6.45) is 9.20. The smallest absolute Gasteiger partial charge is 0.225 e. The van der Waals surface area contributed by atoms with Gasteiger partial charge in [-0.15, -0.1) is 0 Å². The topological polar surface area (TPSA) is 73.3 Å². The van der Waals surface area contributed by atoms with Crippen molar-refractivity contribution >= 4 is 11.8 Å². The molecule has 2 aliphatic carbocycles. The van der Waals surface area contributed by atoms with Gasteiger partial charge in [-0.05, 0) is 81.9 Å². The van der Waals surface area contributed by atoms with E-state index in [0.717, 1.165) is 68.0 Å². The molecule has 0 bridgehead atoms. The molecule has 1 fully saturated rings. The number of aryl methyl sites for hydroxylation is 3. The quantitative estimate of drug-likeness (QED) is 0.645. The number of rotatable bonds is 6. The van der Waals surface area contributed by atoms with Crippen LogP contribution >= 0.6 is 0 Å². The van der Waals surface area contributed by atoms with E-state index in [0.29, 0.717) is 17.8 Å². The highest BCUT2D eigenvalue weighted by atomic mass is 16.3. The number of anilines is 2. The molecule has 0 aliphatic heterocycles. The third-order valence-corrected chi connectivity index (χ3v) is 6.79. The summed E-state index contributed by atoms with van der Waals surface area (Å²) in [7, 11) is 4.16. The lowest BCUT2D eigenvalue weighted by atomic mass is 9.91. The van der Waals surface area contributed by atoms with Crippen LogP contribution in [0.15, 0.2) is 12.1 Å². The molecule has 0 unspecified atom stereocenters. The lowest BCUT2D eigenvalue weighted by Crippen LogP contribution is -2.37. The number of hydrogen-bond donors (Lipinski definition) is 3. The summed E-state index contributed by atoms with van der Waals surface area (Å²) in [6.45, 7) is 4.78. The largest absolute Gasteiger partial charge is 0.507 e. The molecule has 0 radical (unpaired) electrons. The van der Waals surface area contributed by atoms with Crippen LogP contribution in [-0.4, -0.2) is 41.3 Å². The molecular weight excluding hydrogens is 386 g/mol. The van der Waals surface area contributed by atoms with E-state index in [1.54, 1.807) is 0 Å². The number of hydrogen-bond acceptors (Lipinski definition) is 6. The summed E-state index contributed by atoms with van der Waals surface area (Å²) < 4.78 is 0. The Labute approximate surface area is 186 Å². The van der Waals surface area contributed by atoms with E-state index < -0.39 is 0 Å². The maximum Gasteiger partial charge on any atom is 0.225 e. The zero-order valence-electron chi connectivity index (χ0n) is 19.5. The molecule has 4 rings (SSSR count). The van der Waals surface area contributed by atoms with Crippen molar-refractivity contribution in [2.75, 3.05) is 24.3 Å². The third-order valence-electron chi connectivity index (χ3n) is 6.79. The lowest BCUT2D eigenvalue weighted by Gasteiger charge is -2.30. The van der Waals surface area contributed by atoms with Crippen molar-refractivity contribution in [3.05, 3.63) is 40.1 Å². The molecule has 1 saturated carbocycles. The number of aromatic hydroxyl groups is 1. The van der Waals surface area contributed by atoms with Gasteiger partial charge >= 0.3 is 0 Å². The van der Waals surface area contributed by atoms with E-state index in [1.807, 2.05) is 13.8 Å². The van der Waals surface area contributed by atoms with E-state index in [9.17, 15) is 5.11 Å². The molecule has 0 saturated heterocycles. The lowest BCUT2D eigenvalue weighted by molar-refractivity contribution is 0.352. The van der Waals surface area contributed by atoms with E-state index in [2.05, 4.69) is 41.8 Å². The number of phenols is 1. The van der Waals surface area contributed by atoms with Gasteiger partial charge in [0.2, 0.25) is 5.95 Å². The molecule has 168 valence electrons. The molecule has 31 heavy (non-hydrogen) atoms. The van der Waals surface area contributed by atoms with Gasteiger partial charge in [0.25, 0.3) is 0 Å². The van der Waals surface area contributed by atoms with Crippen LogP contribution in [0.1, 0.15) is 66.5 Å². The molecule has 3 N–H and O–H groups in total. The van der Waals surface area contributed by atoms with Crippen LogP contribution < -0.4 is 15.5 Å². The molecule has 1 aromatic carbocycles. The minimum absolute atomic E-state index is 0.414. The molecule has 1 aromatic heterocycles. The number of benzene rings is 1. The Morgan fingerprint density at radius 1 is 0.968 bits per heavy atom. The molecule has 2 aromatic rings. The molecule has 2 aliphatic rings. The first kappa shape index (κ1) is 21.9. The minimum Gasteiger partial charge on any atom is -0.507 e. The number of nitrogens with zero attached hydrogens (tertiary/aromatic N) is 3. The number of aromatic nitrogens is 2. The van der Waals surface area contributed by atoms with Crippen LogP contribution in [-0.2, 0) is 19.4 Å². The van der Waals surface area contributed by atoms with Gasteiger partial charge < -0.3 is 20.6 Å². The zero-order valence-corrected chi connectivity index (χ0v) is 19.5. The van der Waals surface area contributed by atoms with Crippen LogP contribution in [0, 0.1) is 13.8 Å². The Balaban J connectivity index is 1.32. The fourth-order valence-corrected chi connectivity index (χ4v) is 5.04. The Bertz CT molecular complexity index is 895. The number of nitrogens with one attached hydrogen (secondary N) is 2. The van der Waals surface area contributed by atoms with Gasteiger partial charge in [0.15, 0.2) is 0 Å². The highest BCUT2D eigenvalue weighted by molar-refractivity contribution is 5.53. The second kappa shape index (κ2) is 9.43. The fraction of sp³-hybridized carbons (Fsp3) is 0.600. The molecule has 6 nitrogen and oxygen atoms in total. The predicted molar refractivity (Wildman–Crippen MR) is 127 cm³/mol. The van der Waals surface area contributed by atoms with Gasteiger partial charge in [-0.25, -0.2) is 4.98 Å². The first-order valence-corrected chi connectivity index (χ1v) is 11.8. The predicted octanol–water partition coefficient (Wildman–Crippen LogP) is 4.26. The second-order valence-corrected chi connectivity index (χ2v) is 9.55. The SMILES string of the molecule is Cc1cc(CN[C@H]2CC[C@@H](Nc3nc4c(c(N(C)C)n3)CCCC4)CC2)cc(C)c1O. The highest BCUT2D eigenvalue weighted by Gasteiger charge is 2.24. The van der Waals surface area contributed by atoms with Crippen LogP contribution in [0.25, 0.3) is 0 Å². The first-order valence-electron chi connectivity index (χ1n) is 11.8. The van der Waals surface area contributed by atoms with Crippen LogP contribution in [0.4, 0.5) is 11.8 Å². The van der Waals surface area contributed by atoms with Crippen molar-refractivity contribution in [2.45, 2.75) is 83.8 Å². The Kier molecular flexibility index (Phi) is 6.65. The second-order valence-electron chi connectivity index (χ2n) is 9.55. The Morgan fingerprint density at radius 2 is 1.61 bits per heavy atom. The monoisotopic (exact) mass is 423 g/mol. The highest BCUT2D eigenvalue weighted by Crippen LogP contribution is 2.29. The average Bonchev–Trinajstić information content (AvgIpc) is 2.76. The van der Waals surface area contributed by atoms with Gasteiger partial charge in [-0.1, -0.05) is 12.1 Å². The molecule has 0 atom stereocenters. The molecular formula is C25H37N5O. The normalized spacial score (nSPS) is 20.9. The fourth-order valence-electron chi connectivity index (χ4n) is 5.04. The van der Waals surface area contributed by atoms with Crippen molar-refractivity contribution in [1.29, 1.82) is 0 Å². The first-order chi connectivity index (χ1) is 14.9. The van der Waals surface area contributed by atoms with Crippen molar-refractivity contribution in [3.63, 3.8) is 0 Å². The van der Waals surface area contributed by atoms with Crippen molar-refractivity contribution in [2.24, 2.45) is 0 Å². The molecule has 0 spiro atoms. The van der Waals surface area contributed by atoms with Crippen LogP contribution in [0.2, 0.25) is 0 Å². The third kappa shape index (κ3) is 5.12. The summed E-state index contributed by atoms with van der Waals surface area (Å²) >= 11 is 0. The molecule has 6 heteroatoms. The van der Waals surface area contributed by atoms with Crippen LogP contribution in [0.5, 0.6) is 5.75 Å². The Hall–Kier alpha value is -2.34. The molecule has 1 heterocycles. The van der Waals surface area contributed by atoms with E-state index in [-0.39, 0.29) is 0 Å². The number of fused-ring (bicyclic) bond motifs is 1. The van der Waals surface area contributed by atoms with E-state index in [1.165, 1.54) is 29.7 Å². The van der Waals surface area contributed by atoms with Crippen molar-refractivity contribution in [1.82, 2.24) is 15.3 Å². The summed E-state index contributed by atoms with van der Waals surface area (Å²) in [5, 5.41) is 17.3. The van der Waals surface area contributed by atoms with Crippen molar-refractivity contribution in [3.8, 4) is 5.75 Å².